The van der Waals surface area contributed by atoms with Crippen molar-refractivity contribution in [3.63, 3.8) is 0 Å². The molecular weight excluding hydrogens is 272 g/mol. The number of fused-ring (bicyclic) bond motifs is 1. The van der Waals surface area contributed by atoms with Gasteiger partial charge in [0.2, 0.25) is 5.28 Å². The summed E-state index contributed by atoms with van der Waals surface area (Å²) in [7, 11) is 0. The van der Waals surface area contributed by atoms with E-state index in [0.29, 0.717) is 11.2 Å². The highest BCUT2D eigenvalue weighted by atomic mass is 35.5. The maximum absolute atomic E-state index is 5.99. The lowest BCUT2D eigenvalue weighted by Gasteiger charge is -2.15. The molecule has 2 heterocycles. The summed E-state index contributed by atoms with van der Waals surface area (Å²) in [5.41, 5.74) is 0.886. The average molecular weight is 291 g/mol. The molecule has 1 saturated heterocycles. The van der Waals surface area contributed by atoms with Crippen LogP contribution >= 0.6 is 11.6 Å². The number of hydrogen-bond donors (Lipinski definition) is 1. The predicted molar refractivity (Wildman–Crippen MR) is 83.3 cm³/mol. The van der Waals surface area contributed by atoms with Gasteiger partial charge in [-0.15, -0.1) is 0 Å². The highest BCUT2D eigenvalue weighted by molar-refractivity contribution is 6.28. The second-order valence-electron chi connectivity index (χ2n) is 5.29. The normalized spacial score (nSPS) is 19.6. The van der Waals surface area contributed by atoms with Crippen LogP contribution in [0.15, 0.2) is 24.3 Å². The van der Waals surface area contributed by atoms with Crippen molar-refractivity contribution in [1.29, 1.82) is 0 Å². The Kier molecular flexibility index (Phi) is 4.03. The number of likely N-dealkylation sites (tertiary alicyclic amines) is 1. The Morgan fingerprint density at radius 3 is 3.00 bits per heavy atom. The summed E-state index contributed by atoms with van der Waals surface area (Å²) in [6, 6.07) is 7.95. The molecule has 3 rings (SSSR count). The van der Waals surface area contributed by atoms with Gasteiger partial charge in [0, 0.05) is 18.5 Å². The summed E-state index contributed by atoms with van der Waals surface area (Å²) >= 11 is 5.99. The van der Waals surface area contributed by atoms with E-state index in [2.05, 4.69) is 27.1 Å². The van der Waals surface area contributed by atoms with E-state index in [1.54, 1.807) is 0 Å². The van der Waals surface area contributed by atoms with E-state index in [4.69, 9.17) is 11.6 Å². The third-order valence-corrected chi connectivity index (χ3v) is 4.12. The van der Waals surface area contributed by atoms with Gasteiger partial charge < -0.3 is 10.2 Å². The number of para-hydroxylation sites is 1. The van der Waals surface area contributed by atoms with E-state index < -0.39 is 0 Å². The van der Waals surface area contributed by atoms with E-state index in [9.17, 15) is 0 Å². The molecule has 5 heteroatoms. The van der Waals surface area contributed by atoms with Crippen molar-refractivity contribution in [1.82, 2.24) is 14.9 Å². The van der Waals surface area contributed by atoms with E-state index in [1.807, 2.05) is 24.3 Å². The lowest BCUT2D eigenvalue weighted by Crippen LogP contribution is -2.22. The molecule has 0 saturated carbocycles. The first kappa shape index (κ1) is 13.6. The Bertz CT molecular complexity index is 601. The maximum Gasteiger partial charge on any atom is 0.224 e. The van der Waals surface area contributed by atoms with Gasteiger partial charge >= 0.3 is 0 Å². The first-order valence-corrected chi connectivity index (χ1v) is 7.52. The van der Waals surface area contributed by atoms with Crippen LogP contribution in [-0.4, -0.2) is 41.0 Å². The van der Waals surface area contributed by atoms with Gasteiger partial charge in [0.15, 0.2) is 0 Å². The zero-order valence-electron chi connectivity index (χ0n) is 11.6. The molecule has 0 bridgehead atoms. The van der Waals surface area contributed by atoms with Gasteiger partial charge in [-0.2, -0.15) is 0 Å². The number of halogens is 1. The van der Waals surface area contributed by atoms with Crippen LogP contribution in [-0.2, 0) is 0 Å². The molecule has 1 N–H and O–H groups in total. The maximum atomic E-state index is 5.99. The van der Waals surface area contributed by atoms with Crippen molar-refractivity contribution in [3.05, 3.63) is 29.5 Å². The second kappa shape index (κ2) is 5.94. The van der Waals surface area contributed by atoms with Gasteiger partial charge in [0.25, 0.3) is 0 Å². The topological polar surface area (TPSA) is 41.0 Å². The Balaban J connectivity index is 1.74. The van der Waals surface area contributed by atoms with Crippen molar-refractivity contribution in [3.8, 4) is 0 Å². The first-order valence-electron chi connectivity index (χ1n) is 7.14. The summed E-state index contributed by atoms with van der Waals surface area (Å²) < 4.78 is 0. The number of benzene rings is 1. The van der Waals surface area contributed by atoms with E-state index in [-0.39, 0.29) is 0 Å². The van der Waals surface area contributed by atoms with Crippen molar-refractivity contribution in [2.75, 3.05) is 31.5 Å². The SMILES string of the molecule is CCN1CCC(CNc2nc(Cl)nc3ccccc23)C1. The number of aromatic nitrogens is 2. The van der Waals surface area contributed by atoms with Gasteiger partial charge in [-0.05, 0) is 49.2 Å². The van der Waals surface area contributed by atoms with Crippen molar-refractivity contribution in [2.24, 2.45) is 5.92 Å². The number of anilines is 1. The standard InChI is InChI=1S/C15H19ClN4/c1-2-20-8-7-11(10-20)9-17-14-12-5-3-4-6-13(12)18-15(16)19-14/h3-6,11H,2,7-10H2,1H3,(H,17,18,19). The summed E-state index contributed by atoms with van der Waals surface area (Å²) in [6.07, 6.45) is 1.25. The molecule has 1 aliphatic rings. The number of nitrogens with one attached hydrogen (secondary N) is 1. The lowest BCUT2D eigenvalue weighted by molar-refractivity contribution is 0.345. The molecule has 1 unspecified atom stereocenters. The zero-order valence-corrected chi connectivity index (χ0v) is 12.4. The molecule has 0 amide bonds. The molecular formula is C15H19ClN4. The fourth-order valence-electron chi connectivity index (χ4n) is 2.79. The summed E-state index contributed by atoms with van der Waals surface area (Å²) in [5.74, 6) is 1.53. The highest BCUT2D eigenvalue weighted by Crippen LogP contribution is 2.23. The van der Waals surface area contributed by atoms with Crippen LogP contribution in [0.1, 0.15) is 13.3 Å². The van der Waals surface area contributed by atoms with Crippen LogP contribution in [0.25, 0.3) is 10.9 Å². The molecule has 1 aromatic heterocycles. The fraction of sp³-hybridized carbons (Fsp3) is 0.467. The van der Waals surface area contributed by atoms with Gasteiger partial charge in [-0.25, -0.2) is 9.97 Å². The fourth-order valence-corrected chi connectivity index (χ4v) is 2.97. The van der Waals surface area contributed by atoms with Crippen LogP contribution in [0, 0.1) is 5.92 Å². The zero-order chi connectivity index (χ0) is 13.9. The number of rotatable bonds is 4. The summed E-state index contributed by atoms with van der Waals surface area (Å²) in [6.45, 7) is 6.66. The minimum absolute atomic E-state index is 0.299. The molecule has 106 valence electrons. The molecule has 1 fully saturated rings. The third-order valence-electron chi connectivity index (χ3n) is 3.95. The molecule has 1 aliphatic heterocycles. The monoisotopic (exact) mass is 290 g/mol. The molecule has 0 radical (unpaired) electrons. The molecule has 1 aromatic carbocycles. The average Bonchev–Trinajstić information content (AvgIpc) is 2.92. The van der Waals surface area contributed by atoms with Gasteiger partial charge in [-0.3, -0.25) is 0 Å². The summed E-state index contributed by atoms with van der Waals surface area (Å²) in [5, 5.41) is 4.78. The minimum Gasteiger partial charge on any atom is -0.369 e. The van der Waals surface area contributed by atoms with E-state index >= 15 is 0 Å². The van der Waals surface area contributed by atoms with Crippen LogP contribution in [0.5, 0.6) is 0 Å². The van der Waals surface area contributed by atoms with E-state index in [1.165, 1.54) is 19.5 Å². The van der Waals surface area contributed by atoms with Crippen LogP contribution in [0.2, 0.25) is 5.28 Å². The minimum atomic E-state index is 0.299. The van der Waals surface area contributed by atoms with Gasteiger partial charge in [0.05, 0.1) is 5.52 Å². The highest BCUT2D eigenvalue weighted by Gasteiger charge is 2.21. The van der Waals surface area contributed by atoms with Crippen LogP contribution < -0.4 is 5.32 Å². The molecule has 4 nitrogen and oxygen atoms in total. The Morgan fingerprint density at radius 2 is 2.20 bits per heavy atom. The smallest absolute Gasteiger partial charge is 0.224 e. The van der Waals surface area contributed by atoms with Crippen molar-refractivity contribution >= 4 is 28.3 Å². The lowest BCUT2D eigenvalue weighted by atomic mass is 10.1. The van der Waals surface area contributed by atoms with Gasteiger partial charge in [-0.1, -0.05) is 19.1 Å². The Labute approximate surface area is 124 Å². The van der Waals surface area contributed by atoms with E-state index in [0.717, 1.165) is 29.8 Å². The second-order valence-corrected chi connectivity index (χ2v) is 5.63. The van der Waals surface area contributed by atoms with Crippen LogP contribution in [0.4, 0.5) is 5.82 Å². The largest absolute Gasteiger partial charge is 0.369 e. The van der Waals surface area contributed by atoms with Crippen LogP contribution in [0.3, 0.4) is 0 Å². The van der Waals surface area contributed by atoms with Crippen molar-refractivity contribution in [2.45, 2.75) is 13.3 Å². The molecule has 1 atom stereocenters. The van der Waals surface area contributed by atoms with Gasteiger partial charge in [0.1, 0.15) is 5.82 Å². The van der Waals surface area contributed by atoms with Crippen molar-refractivity contribution < 1.29 is 0 Å². The predicted octanol–water partition coefficient (Wildman–Crippen LogP) is 3.04. The number of nitrogens with zero attached hydrogens (tertiary/aromatic N) is 3. The molecule has 2 aromatic rings. The number of hydrogen-bond acceptors (Lipinski definition) is 4. The first-order chi connectivity index (χ1) is 9.76. The molecule has 20 heavy (non-hydrogen) atoms. The Hall–Kier alpha value is -1.39. The Morgan fingerprint density at radius 1 is 1.35 bits per heavy atom. The molecule has 0 aliphatic carbocycles. The third kappa shape index (κ3) is 2.86. The summed E-state index contributed by atoms with van der Waals surface area (Å²) in [4.78, 5) is 11.1. The quantitative estimate of drug-likeness (QED) is 0.879. The molecule has 0 spiro atoms.